The fraction of sp³-hybridized carbons (Fsp3) is 1.00. The van der Waals surface area contributed by atoms with Gasteiger partial charge in [0.2, 0.25) is 0 Å². The largest absolute Gasteiger partial charge is 0.389 e. The van der Waals surface area contributed by atoms with Crippen LogP contribution >= 0.6 is 0 Å². The van der Waals surface area contributed by atoms with Crippen LogP contribution in [-0.4, -0.2) is 47.8 Å². The van der Waals surface area contributed by atoms with Gasteiger partial charge in [-0.2, -0.15) is 0 Å². The number of nitrogens with zero attached hydrogens (tertiary/aromatic N) is 1. The number of hydrogen-bond acceptors (Lipinski definition) is 3. The standard InChI is InChI=1S/C16H32N2O/c1-2-12-18(13-15-8-4-7-11-17-15)14-16(19)9-5-3-6-10-16/h15,17,19H,2-14H2,1H3. The van der Waals surface area contributed by atoms with Crippen molar-refractivity contribution in [2.24, 2.45) is 0 Å². The molecule has 0 amide bonds. The lowest BCUT2D eigenvalue weighted by atomic mass is 9.84. The van der Waals surface area contributed by atoms with Crippen molar-refractivity contribution < 1.29 is 5.11 Å². The van der Waals surface area contributed by atoms with Crippen LogP contribution in [0.4, 0.5) is 0 Å². The van der Waals surface area contributed by atoms with Crippen LogP contribution in [0.2, 0.25) is 0 Å². The normalized spacial score (nSPS) is 27.6. The van der Waals surface area contributed by atoms with Crippen LogP contribution in [0, 0.1) is 0 Å². The van der Waals surface area contributed by atoms with E-state index in [9.17, 15) is 5.11 Å². The van der Waals surface area contributed by atoms with E-state index >= 15 is 0 Å². The molecule has 1 saturated carbocycles. The molecule has 2 fully saturated rings. The molecule has 1 atom stereocenters. The summed E-state index contributed by atoms with van der Waals surface area (Å²) in [4.78, 5) is 2.51. The quantitative estimate of drug-likeness (QED) is 0.777. The number of rotatable bonds is 6. The Morgan fingerprint density at radius 1 is 1.16 bits per heavy atom. The van der Waals surface area contributed by atoms with Crippen LogP contribution in [0.5, 0.6) is 0 Å². The van der Waals surface area contributed by atoms with Crippen LogP contribution in [-0.2, 0) is 0 Å². The van der Waals surface area contributed by atoms with Crippen molar-refractivity contribution in [1.82, 2.24) is 10.2 Å². The second-order valence-electron chi connectivity index (χ2n) is 6.67. The lowest BCUT2D eigenvalue weighted by molar-refractivity contribution is -0.0283. The van der Waals surface area contributed by atoms with Gasteiger partial charge in [0, 0.05) is 19.1 Å². The van der Waals surface area contributed by atoms with E-state index in [1.165, 1.54) is 51.5 Å². The molecule has 19 heavy (non-hydrogen) atoms. The third-order valence-corrected chi connectivity index (χ3v) is 4.73. The predicted octanol–water partition coefficient (Wildman–Crippen LogP) is 2.54. The molecule has 1 aliphatic carbocycles. The number of hydrogen-bond donors (Lipinski definition) is 2. The molecular weight excluding hydrogens is 236 g/mol. The molecule has 0 aromatic rings. The second-order valence-corrected chi connectivity index (χ2v) is 6.67. The van der Waals surface area contributed by atoms with E-state index in [1.807, 2.05) is 0 Å². The predicted molar refractivity (Wildman–Crippen MR) is 80.4 cm³/mol. The van der Waals surface area contributed by atoms with Crippen molar-refractivity contribution in [2.75, 3.05) is 26.2 Å². The molecule has 0 aromatic carbocycles. The summed E-state index contributed by atoms with van der Waals surface area (Å²) in [6.07, 6.45) is 10.9. The van der Waals surface area contributed by atoms with E-state index in [-0.39, 0.29) is 0 Å². The summed E-state index contributed by atoms with van der Waals surface area (Å²) in [6, 6.07) is 0.646. The molecule has 1 unspecified atom stereocenters. The van der Waals surface area contributed by atoms with E-state index in [1.54, 1.807) is 0 Å². The third kappa shape index (κ3) is 5.05. The Hall–Kier alpha value is -0.120. The molecule has 2 rings (SSSR count). The highest BCUT2D eigenvalue weighted by molar-refractivity contribution is 4.87. The highest BCUT2D eigenvalue weighted by Gasteiger charge is 2.31. The molecule has 1 heterocycles. The first kappa shape index (κ1) is 15.3. The Balaban J connectivity index is 1.83. The smallest absolute Gasteiger partial charge is 0.0774 e. The van der Waals surface area contributed by atoms with Crippen molar-refractivity contribution in [1.29, 1.82) is 0 Å². The van der Waals surface area contributed by atoms with E-state index in [4.69, 9.17) is 0 Å². The first-order chi connectivity index (χ1) is 9.22. The lowest BCUT2D eigenvalue weighted by Gasteiger charge is -2.39. The van der Waals surface area contributed by atoms with Crippen molar-refractivity contribution in [3.05, 3.63) is 0 Å². The minimum atomic E-state index is -0.401. The van der Waals surface area contributed by atoms with Crippen molar-refractivity contribution in [3.8, 4) is 0 Å². The first-order valence-electron chi connectivity index (χ1n) is 8.40. The maximum absolute atomic E-state index is 10.7. The zero-order valence-corrected chi connectivity index (χ0v) is 12.7. The Labute approximate surface area is 118 Å². The molecule has 3 nitrogen and oxygen atoms in total. The van der Waals surface area contributed by atoms with Crippen LogP contribution in [0.1, 0.15) is 64.7 Å². The van der Waals surface area contributed by atoms with Crippen LogP contribution in [0.15, 0.2) is 0 Å². The fourth-order valence-electron chi connectivity index (χ4n) is 3.73. The average Bonchev–Trinajstić information content (AvgIpc) is 2.40. The molecule has 1 saturated heterocycles. The first-order valence-corrected chi connectivity index (χ1v) is 8.40. The summed E-state index contributed by atoms with van der Waals surface area (Å²) in [6.45, 7) is 6.55. The van der Waals surface area contributed by atoms with Gasteiger partial charge in [-0.25, -0.2) is 0 Å². The molecule has 112 valence electrons. The minimum absolute atomic E-state index is 0.401. The van der Waals surface area contributed by atoms with Gasteiger partial charge in [-0.05, 0) is 45.2 Å². The minimum Gasteiger partial charge on any atom is -0.389 e. The molecule has 0 radical (unpaired) electrons. The molecule has 2 N–H and O–H groups in total. The summed E-state index contributed by atoms with van der Waals surface area (Å²) < 4.78 is 0. The lowest BCUT2D eigenvalue weighted by Crippen LogP contribution is -2.50. The van der Waals surface area contributed by atoms with Gasteiger partial charge in [0.25, 0.3) is 0 Å². The van der Waals surface area contributed by atoms with Gasteiger partial charge >= 0.3 is 0 Å². The Morgan fingerprint density at radius 3 is 2.58 bits per heavy atom. The third-order valence-electron chi connectivity index (χ3n) is 4.73. The molecule has 0 bridgehead atoms. The summed E-state index contributed by atoms with van der Waals surface area (Å²) in [7, 11) is 0. The van der Waals surface area contributed by atoms with E-state index in [0.29, 0.717) is 6.04 Å². The van der Waals surface area contributed by atoms with E-state index in [2.05, 4.69) is 17.1 Å². The maximum atomic E-state index is 10.7. The van der Waals surface area contributed by atoms with Crippen LogP contribution in [0.3, 0.4) is 0 Å². The topological polar surface area (TPSA) is 35.5 Å². The molecule has 0 spiro atoms. The van der Waals surface area contributed by atoms with Gasteiger partial charge in [-0.1, -0.05) is 32.6 Å². The highest BCUT2D eigenvalue weighted by Crippen LogP contribution is 2.29. The van der Waals surface area contributed by atoms with Crippen LogP contribution in [0.25, 0.3) is 0 Å². The monoisotopic (exact) mass is 268 g/mol. The van der Waals surface area contributed by atoms with E-state index < -0.39 is 5.60 Å². The number of nitrogens with one attached hydrogen (secondary N) is 1. The van der Waals surface area contributed by atoms with Crippen LogP contribution < -0.4 is 5.32 Å². The van der Waals surface area contributed by atoms with Gasteiger partial charge in [0.15, 0.2) is 0 Å². The Morgan fingerprint density at radius 2 is 1.95 bits per heavy atom. The Bertz CT molecular complexity index is 245. The number of piperidine rings is 1. The zero-order valence-electron chi connectivity index (χ0n) is 12.7. The zero-order chi connectivity index (χ0) is 13.6. The van der Waals surface area contributed by atoms with Crippen molar-refractivity contribution >= 4 is 0 Å². The Kier molecular flexibility index (Phi) is 6.11. The van der Waals surface area contributed by atoms with Crippen molar-refractivity contribution in [3.63, 3.8) is 0 Å². The molecular formula is C16H32N2O. The van der Waals surface area contributed by atoms with Gasteiger partial charge in [0.1, 0.15) is 0 Å². The summed E-state index contributed by atoms with van der Waals surface area (Å²) in [5.41, 5.74) is -0.401. The maximum Gasteiger partial charge on any atom is 0.0774 e. The van der Waals surface area contributed by atoms with Crippen molar-refractivity contribution in [2.45, 2.75) is 76.4 Å². The molecule has 3 heteroatoms. The van der Waals surface area contributed by atoms with Gasteiger partial charge < -0.3 is 10.4 Å². The SMILES string of the molecule is CCCN(CC1CCCCN1)CC1(O)CCCCC1. The molecule has 0 aromatic heterocycles. The van der Waals surface area contributed by atoms with Gasteiger partial charge in [-0.3, -0.25) is 4.90 Å². The molecule has 1 aliphatic heterocycles. The molecule has 2 aliphatic rings. The summed E-state index contributed by atoms with van der Waals surface area (Å²) in [5, 5.41) is 14.4. The fourth-order valence-corrected chi connectivity index (χ4v) is 3.73. The highest BCUT2D eigenvalue weighted by atomic mass is 16.3. The van der Waals surface area contributed by atoms with E-state index in [0.717, 1.165) is 32.5 Å². The van der Waals surface area contributed by atoms with Gasteiger partial charge in [0.05, 0.1) is 5.60 Å². The van der Waals surface area contributed by atoms with Gasteiger partial charge in [-0.15, -0.1) is 0 Å². The summed E-state index contributed by atoms with van der Waals surface area (Å²) >= 11 is 0. The number of aliphatic hydroxyl groups is 1. The second kappa shape index (κ2) is 7.61. The summed E-state index contributed by atoms with van der Waals surface area (Å²) in [5.74, 6) is 0. The average molecular weight is 268 g/mol.